The average Bonchev–Trinajstić information content (AvgIpc) is 3.16. The van der Waals surface area contributed by atoms with Crippen LogP contribution in [0, 0.1) is 5.92 Å². The highest BCUT2D eigenvalue weighted by atomic mass is 16.2. The van der Waals surface area contributed by atoms with Gasteiger partial charge < -0.3 is 4.98 Å². The van der Waals surface area contributed by atoms with Gasteiger partial charge in [-0.3, -0.25) is 20.4 Å². The van der Waals surface area contributed by atoms with Gasteiger partial charge in [0.15, 0.2) is 0 Å². The van der Waals surface area contributed by atoms with Crippen LogP contribution in [0.1, 0.15) is 37.7 Å². The molecule has 2 aromatic rings. The van der Waals surface area contributed by atoms with Gasteiger partial charge in [-0.25, -0.2) is 0 Å². The number of rotatable bonds is 4. The van der Waals surface area contributed by atoms with Gasteiger partial charge in [0, 0.05) is 23.5 Å². The van der Waals surface area contributed by atoms with Crippen molar-refractivity contribution in [3.05, 3.63) is 36.0 Å². The zero-order valence-electron chi connectivity index (χ0n) is 12.5. The van der Waals surface area contributed by atoms with E-state index in [2.05, 4.69) is 15.8 Å². The van der Waals surface area contributed by atoms with Crippen LogP contribution in [0.2, 0.25) is 0 Å². The molecule has 3 rings (SSSR count). The van der Waals surface area contributed by atoms with Gasteiger partial charge in [-0.1, -0.05) is 31.0 Å². The summed E-state index contributed by atoms with van der Waals surface area (Å²) in [6.45, 7) is 0. The number of hydrogen-bond acceptors (Lipinski definition) is 2. The van der Waals surface area contributed by atoms with E-state index >= 15 is 0 Å². The SMILES string of the molecule is O=C(Cc1c[nH]c2ccccc12)NNC(=O)CC1CCCC1. The maximum Gasteiger partial charge on any atom is 0.242 e. The molecule has 0 bridgehead atoms. The van der Waals surface area contributed by atoms with E-state index in [9.17, 15) is 9.59 Å². The molecule has 0 aliphatic heterocycles. The van der Waals surface area contributed by atoms with Crippen LogP contribution in [0.5, 0.6) is 0 Å². The van der Waals surface area contributed by atoms with E-state index in [4.69, 9.17) is 0 Å². The summed E-state index contributed by atoms with van der Waals surface area (Å²) in [6.07, 6.45) is 7.26. The number of carbonyl (C=O) groups excluding carboxylic acids is 2. The first kappa shape index (κ1) is 14.6. The molecule has 2 amide bonds. The Morgan fingerprint density at radius 1 is 1.09 bits per heavy atom. The van der Waals surface area contributed by atoms with E-state index in [1.165, 1.54) is 12.8 Å². The summed E-state index contributed by atoms with van der Waals surface area (Å²) in [7, 11) is 0. The van der Waals surface area contributed by atoms with Gasteiger partial charge in [0.1, 0.15) is 0 Å². The van der Waals surface area contributed by atoms with Crippen LogP contribution < -0.4 is 10.9 Å². The van der Waals surface area contributed by atoms with Crippen LogP contribution in [0.25, 0.3) is 10.9 Å². The highest BCUT2D eigenvalue weighted by Gasteiger charge is 2.18. The number of fused-ring (bicyclic) bond motifs is 1. The lowest BCUT2D eigenvalue weighted by Gasteiger charge is -2.10. The Kier molecular flexibility index (Phi) is 4.42. The van der Waals surface area contributed by atoms with E-state index in [0.717, 1.165) is 29.3 Å². The number of aromatic nitrogens is 1. The first-order valence-corrected chi connectivity index (χ1v) is 7.85. The first-order valence-electron chi connectivity index (χ1n) is 7.85. The maximum absolute atomic E-state index is 12.0. The van der Waals surface area contributed by atoms with Gasteiger partial charge in [-0.15, -0.1) is 0 Å². The molecular weight excluding hydrogens is 278 g/mol. The Morgan fingerprint density at radius 2 is 1.82 bits per heavy atom. The third-order valence-electron chi connectivity index (χ3n) is 4.32. The van der Waals surface area contributed by atoms with Crippen molar-refractivity contribution in [1.82, 2.24) is 15.8 Å². The van der Waals surface area contributed by atoms with E-state index < -0.39 is 0 Å². The molecule has 5 heteroatoms. The normalized spacial score (nSPS) is 15.1. The molecule has 1 aliphatic rings. The van der Waals surface area contributed by atoms with Crippen molar-refractivity contribution in [3.8, 4) is 0 Å². The minimum absolute atomic E-state index is 0.0980. The van der Waals surface area contributed by atoms with Gasteiger partial charge >= 0.3 is 0 Å². The summed E-state index contributed by atoms with van der Waals surface area (Å²) in [6, 6.07) is 7.85. The smallest absolute Gasteiger partial charge is 0.242 e. The van der Waals surface area contributed by atoms with Crippen molar-refractivity contribution in [2.75, 3.05) is 0 Å². The molecule has 0 unspecified atom stereocenters. The van der Waals surface area contributed by atoms with Crippen molar-refractivity contribution in [1.29, 1.82) is 0 Å². The summed E-state index contributed by atoms with van der Waals surface area (Å²) in [5, 5.41) is 1.04. The summed E-state index contributed by atoms with van der Waals surface area (Å²) in [4.78, 5) is 26.9. The number of benzene rings is 1. The zero-order chi connectivity index (χ0) is 15.4. The minimum Gasteiger partial charge on any atom is -0.361 e. The van der Waals surface area contributed by atoms with Crippen LogP contribution in [-0.4, -0.2) is 16.8 Å². The molecule has 0 saturated heterocycles. The molecule has 5 nitrogen and oxygen atoms in total. The lowest BCUT2D eigenvalue weighted by Crippen LogP contribution is -2.42. The second kappa shape index (κ2) is 6.64. The van der Waals surface area contributed by atoms with Gasteiger partial charge in [-0.2, -0.15) is 0 Å². The lowest BCUT2D eigenvalue weighted by atomic mass is 10.0. The monoisotopic (exact) mass is 299 g/mol. The molecule has 1 aromatic heterocycles. The van der Waals surface area contributed by atoms with Crippen LogP contribution in [-0.2, 0) is 16.0 Å². The van der Waals surface area contributed by atoms with E-state index in [0.29, 0.717) is 12.3 Å². The number of hydrazine groups is 1. The van der Waals surface area contributed by atoms with Crippen LogP contribution in [0.15, 0.2) is 30.5 Å². The van der Waals surface area contributed by atoms with Crippen molar-refractivity contribution >= 4 is 22.7 Å². The predicted molar refractivity (Wildman–Crippen MR) is 84.9 cm³/mol. The molecule has 3 N–H and O–H groups in total. The second-order valence-electron chi connectivity index (χ2n) is 5.99. The standard InChI is InChI=1S/C17H21N3O2/c21-16(9-12-5-1-2-6-12)19-20-17(22)10-13-11-18-15-8-4-3-7-14(13)15/h3-4,7-8,11-12,18H,1-2,5-6,9-10H2,(H,19,21)(H,20,22). The molecule has 116 valence electrons. The van der Waals surface area contributed by atoms with Gasteiger partial charge in [0.05, 0.1) is 6.42 Å². The van der Waals surface area contributed by atoms with E-state index in [1.807, 2.05) is 30.5 Å². The third-order valence-corrected chi connectivity index (χ3v) is 4.32. The molecule has 0 atom stereocenters. The number of para-hydroxylation sites is 1. The lowest BCUT2D eigenvalue weighted by molar-refractivity contribution is -0.129. The summed E-state index contributed by atoms with van der Waals surface area (Å²) < 4.78 is 0. The summed E-state index contributed by atoms with van der Waals surface area (Å²) in [5.74, 6) is 0.175. The molecule has 1 heterocycles. The highest BCUT2D eigenvalue weighted by Crippen LogP contribution is 2.27. The predicted octanol–water partition coefficient (Wildman–Crippen LogP) is 2.44. The van der Waals surface area contributed by atoms with Crippen molar-refractivity contribution < 1.29 is 9.59 Å². The number of carbonyl (C=O) groups is 2. The Labute approximate surface area is 129 Å². The first-order chi connectivity index (χ1) is 10.7. The largest absolute Gasteiger partial charge is 0.361 e. The average molecular weight is 299 g/mol. The van der Waals surface area contributed by atoms with Crippen LogP contribution >= 0.6 is 0 Å². The van der Waals surface area contributed by atoms with E-state index in [-0.39, 0.29) is 18.2 Å². The number of nitrogens with one attached hydrogen (secondary N) is 3. The Bertz CT molecular complexity index is 671. The maximum atomic E-state index is 12.0. The van der Waals surface area contributed by atoms with Gasteiger partial charge in [0.25, 0.3) is 0 Å². The zero-order valence-corrected chi connectivity index (χ0v) is 12.5. The molecule has 1 aromatic carbocycles. The fourth-order valence-corrected chi connectivity index (χ4v) is 3.16. The van der Waals surface area contributed by atoms with Gasteiger partial charge in [0.2, 0.25) is 11.8 Å². The Hall–Kier alpha value is -2.30. The molecular formula is C17H21N3O2. The number of H-pyrrole nitrogens is 1. The minimum atomic E-state index is -0.204. The molecule has 0 spiro atoms. The highest BCUT2D eigenvalue weighted by molar-refractivity contribution is 5.89. The summed E-state index contributed by atoms with van der Waals surface area (Å²) >= 11 is 0. The molecule has 1 fully saturated rings. The number of amides is 2. The number of aromatic amines is 1. The van der Waals surface area contributed by atoms with Crippen molar-refractivity contribution in [2.45, 2.75) is 38.5 Å². The molecule has 0 radical (unpaired) electrons. The summed E-state index contributed by atoms with van der Waals surface area (Å²) in [5.41, 5.74) is 6.97. The number of hydrogen-bond donors (Lipinski definition) is 3. The third kappa shape index (κ3) is 3.47. The van der Waals surface area contributed by atoms with Crippen LogP contribution in [0.3, 0.4) is 0 Å². The van der Waals surface area contributed by atoms with Crippen molar-refractivity contribution in [3.63, 3.8) is 0 Å². The fraction of sp³-hybridized carbons (Fsp3) is 0.412. The molecule has 1 aliphatic carbocycles. The Morgan fingerprint density at radius 3 is 2.64 bits per heavy atom. The Balaban J connectivity index is 1.49. The second-order valence-corrected chi connectivity index (χ2v) is 5.99. The van der Waals surface area contributed by atoms with Crippen LogP contribution in [0.4, 0.5) is 0 Å². The molecule has 1 saturated carbocycles. The topological polar surface area (TPSA) is 74.0 Å². The molecule has 22 heavy (non-hydrogen) atoms. The van der Waals surface area contributed by atoms with E-state index in [1.54, 1.807) is 0 Å². The van der Waals surface area contributed by atoms with Crippen molar-refractivity contribution in [2.24, 2.45) is 5.92 Å². The quantitative estimate of drug-likeness (QED) is 0.759. The van der Waals surface area contributed by atoms with Gasteiger partial charge in [-0.05, 0) is 30.4 Å². The fourth-order valence-electron chi connectivity index (χ4n) is 3.16.